The zero-order valence-electron chi connectivity index (χ0n) is 24.2. The van der Waals surface area contributed by atoms with E-state index in [0.717, 1.165) is 55.7 Å². The third-order valence-corrected chi connectivity index (χ3v) is 7.43. The van der Waals surface area contributed by atoms with Crippen LogP contribution in [0.4, 0.5) is 0 Å². The number of nitrogens with zero attached hydrogens (tertiary/aromatic N) is 3. The number of pyridine rings is 3. The molecule has 8 aromatic rings. The van der Waals surface area contributed by atoms with Crippen LogP contribution in [0.2, 0.25) is 0 Å². The molecule has 0 spiro atoms. The van der Waals surface area contributed by atoms with Crippen molar-refractivity contribution in [1.82, 2.24) is 15.0 Å². The van der Waals surface area contributed by atoms with E-state index < -0.39 is 0 Å². The van der Waals surface area contributed by atoms with Crippen LogP contribution >= 0.6 is 0 Å². The number of furan rings is 1. The minimum absolute atomic E-state index is 0. The Labute approximate surface area is 269 Å². The summed E-state index contributed by atoms with van der Waals surface area (Å²) in [6, 6.07) is 45.4. The molecule has 0 aliphatic heterocycles. The number of benzene rings is 4. The first kappa shape index (κ1) is 29.1. The summed E-state index contributed by atoms with van der Waals surface area (Å²) in [4.78, 5) is 13.4. The van der Waals surface area contributed by atoms with Crippen molar-refractivity contribution in [2.75, 3.05) is 0 Å². The number of fused-ring (bicyclic) bond motifs is 4. The Morgan fingerprint density at radius 1 is 0.614 bits per heavy atom. The predicted octanol–water partition coefficient (Wildman–Crippen LogP) is 9.83. The summed E-state index contributed by atoms with van der Waals surface area (Å²) >= 11 is 0. The van der Waals surface area contributed by atoms with Gasteiger partial charge in [0.1, 0.15) is 0 Å². The summed E-state index contributed by atoms with van der Waals surface area (Å²) in [5.41, 5.74) is 9.59. The fourth-order valence-electron chi connectivity index (χ4n) is 5.27. The smallest absolute Gasteiger partial charge is 0.216 e. The summed E-state index contributed by atoms with van der Waals surface area (Å²) in [5, 5.41) is 4.52. The molecule has 0 unspecified atom stereocenters. The van der Waals surface area contributed by atoms with E-state index >= 15 is 0 Å². The molecule has 0 N–H and O–H groups in total. The van der Waals surface area contributed by atoms with E-state index in [1.165, 1.54) is 16.3 Å². The van der Waals surface area contributed by atoms with E-state index in [4.69, 9.17) is 4.42 Å². The van der Waals surface area contributed by atoms with Gasteiger partial charge in [0.05, 0.1) is 5.58 Å². The molecule has 0 aliphatic rings. The Kier molecular flexibility index (Phi) is 8.42. The van der Waals surface area contributed by atoms with Crippen LogP contribution in [0.25, 0.3) is 66.5 Å². The number of rotatable bonds is 3. The van der Waals surface area contributed by atoms with E-state index in [1.54, 1.807) is 6.20 Å². The van der Waals surface area contributed by atoms with E-state index in [-0.39, 0.29) is 20.1 Å². The minimum atomic E-state index is 0. The van der Waals surface area contributed by atoms with Gasteiger partial charge < -0.3 is 14.4 Å². The quantitative estimate of drug-likeness (QED) is 0.169. The van der Waals surface area contributed by atoms with Crippen molar-refractivity contribution >= 4 is 32.8 Å². The molecule has 215 valence electrons. The van der Waals surface area contributed by atoms with E-state index in [0.29, 0.717) is 5.71 Å². The topological polar surface area (TPSA) is 51.8 Å². The maximum atomic E-state index is 6.15. The van der Waals surface area contributed by atoms with E-state index in [9.17, 15) is 0 Å². The normalized spacial score (nSPS) is 10.8. The summed E-state index contributed by atoms with van der Waals surface area (Å²) in [6.45, 7) is 4.09. The molecule has 0 aliphatic carbocycles. The Balaban J connectivity index is 0.000000222. The van der Waals surface area contributed by atoms with Crippen molar-refractivity contribution in [1.29, 1.82) is 0 Å². The van der Waals surface area contributed by atoms with Gasteiger partial charge in [-0.1, -0.05) is 65.0 Å². The number of hydrogen-bond acceptors (Lipinski definition) is 4. The number of hydrogen-bond donors (Lipinski definition) is 0. The molecule has 4 heterocycles. The van der Waals surface area contributed by atoms with Gasteiger partial charge >= 0.3 is 0 Å². The Morgan fingerprint density at radius 3 is 2.30 bits per heavy atom. The Hall–Kier alpha value is -4.96. The first-order chi connectivity index (χ1) is 21.1. The number of aryl methyl sites for hydroxylation is 2. The molecular formula is C39H27IrN3O-2. The fraction of sp³-hybridized carbons (Fsp3) is 0.0513. The minimum Gasteiger partial charge on any atom is -0.486 e. The first-order valence-electron chi connectivity index (χ1n) is 14.2. The summed E-state index contributed by atoms with van der Waals surface area (Å²) in [6.07, 6.45) is 3.64. The zero-order valence-corrected chi connectivity index (χ0v) is 26.6. The molecule has 4 aromatic heterocycles. The maximum absolute atomic E-state index is 6.15. The summed E-state index contributed by atoms with van der Waals surface area (Å²) in [7, 11) is 0. The average molecular weight is 746 g/mol. The van der Waals surface area contributed by atoms with Crippen LogP contribution in [0.5, 0.6) is 0 Å². The van der Waals surface area contributed by atoms with Gasteiger partial charge in [-0.05, 0) is 77.5 Å². The van der Waals surface area contributed by atoms with Crippen LogP contribution in [0.1, 0.15) is 11.3 Å². The van der Waals surface area contributed by atoms with Gasteiger partial charge in [0.25, 0.3) is 0 Å². The third-order valence-electron chi connectivity index (χ3n) is 7.43. The third kappa shape index (κ3) is 5.93. The largest absolute Gasteiger partial charge is 0.486 e. The van der Waals surface area contributed by atoms with Gasteiger partial charge in [-0.2, -0.15) is 0 Å². The van der Waals surface area contributed by atoms with Gasteiger partial charge in [-0.25, -0.2) is 4.98 Å². The fourth-order valence-corrected chi connectivity index (χ4v) is 5.27. The zero-order chi connectivity index (χ0) is 29.2. The Morgan fingerprint density at radius 2 is 1.45 bits per heavy atom. The molecule has 4 nitrogen and oxygen atoms in total. The molecule has 8 rings (SSSR count). The molecular weight excluding hydrogens is 719 g/mol. The van der Waals surface area contributed by atoms with Crippen molar-refractivity contribution in [3.63, 3.8) is 0 Å². The monoisotopic (exact) mass is 746 g/mol. The standard InChI is InChI=1S/C28H19N2O.C11H8N.Ir/c1-17-6-8-19-9-10-20(15-22(19)14-17)21-12-13-29-26(16-21)25-5-3-4-23-24-11-7-18(2)30-28(24)31-27(23)25;1-2-6-10(7-3-1)11-8-4-5-9-12-11;/h3-4,6-16H,1-2H3;1-6,8-9H;/q2*-1;. The van der Waals surface area contributed by atoms with Gasteiger partial charge in [0, 0.05) is 43.6 Å². The van der Waals surface area contributed by atoms with Crippen LogP contribution in [-0.2, 0) is 20.1 Å². The van der Waals surface area contributed by atoms with Crippen molar-refractivity contribution in [2.24, 2.45) is 0 Å². The van der Waals surface area contributed by atoms with Crippen LogP contribution in [0.15, 0.2) is 132 Å². The SMILES string of the molecule is Cc1ccc2ccc(-c3ccnc(-c4[c-]ccc5c4oc4nc(C)ccc45)c3)cc2c1.[Ir].[c-]1ccccc1-c1ccccn1. The van der Waals surface area contributed by atoms with Crippen LogP contribution < -0.4 is 0 Å². The molecule has 1 radical (unpaired) electrons. The molecule has 0 saturated carbocycles. The predicted molar refractivity (Wildman–Crippen MR) is 175 cm³/mol. The summed E-state index contributed by atoms with van der Waals surface area (Å²) in [5.74, 6) is 0. The second kappa shape index (κ2) is 12.7. The second-order valence-corrected chi connectivity index (χ2v) is 10.5. The molecule has 44 heavy (non-hydrogen) atoms. The van der Waals surface area contributed by atoms with Crippen molar-refractivity contribution in [3.8, 4) is 33.6 Å². The molecule has 4 aromatic carbocycles. The van der Waals surface area contributed by atoms with Crippen molar-refractivity contribution in [3.05, 3.63) is 151 Å². The molecule has 0 bridgehead atoms. The maximum Gasteiger partial charge on any atom is 0.216 e. The molecule has 0 amide bonds. The van der Waals surface area contributed by atoms with E-state index in [2.05, 4.69) is 82.5 Å². The average Bonchev–Trinajstić information content (AvgIpc) is 3.43. The van der Waals surface area contributed by atoms with Crippen LogP contribution in [-0.4, -0.2) is 15.0 Å². The van der Waals surface area contributed by atoms with Crippen LogP contribution in [0.3, 0.4) is 0 Å². The molecule has 0 atom stereocenters. The summed E-state index contributed by atoms with van der Waals surface area (Å²) < 4.78 is 6.15. The first-order valence-corrected chi connectivity index (χ1v) is 14.2. The molecule has 0 saturated heterocycles. The Bertz CT molecular complexity index is 2170. The number of aromatic nitrogens is 3. The molecule has 0 fully saturated rings. The van der Waals surface area contributed by atoms with Crippen molar-refractivity contribution < 1.29 is 24.5 Å². The van der Waals surface area contributed by atoms with Crippen molar-refractivity contribution in [2.45, 2.75) is 13.8 Å². The van der Waals surface area contributed by atoms with Gasteiger partial charge in [-0.3, -0.25) is 0 Å². The second-order valence-electron chi connectivity index (χ2n) is 10.5. The molecule has 5 heteroatoms. The van der Waals surface area contributed by atoms with Gasteiger partial charge in [0.15, 0.2) is 0 Å². The van der Waals surface area contributed by atoms with Crippen LogP contribution in [0, 0.1) is 26.0 Å². The van der Waals surface area contributed by atoms with E-state index in [1.807, 2.05) is 79.9 Å². The van der Waals surface area contributed by atoms with Gasteiger partial charge in [-0.15, -0.1) is 54.1 Å². The van der Waals surface area contributed by atoms with Gasteiger partial charge in [0.2, 0.25) is 5.71 Å².